The van der Waals surface area contributed by atoms with Gasteiger partial charge in [0, 0.05) is 24.9 Å². The molecule has 0 aromatic rings. The molecule has 3 heteroatoms. The van der Waals surface area contributed by atoms with Crippen molar-refractivity contribution in [3.8, 4) is 0 Å². The van der Waals surface area contributed by atoms with E-state index in [1.54, 1.807) is 0 Å². The SMILES string of the molecule is O=C1CC2(CCCCNC2)CN1. The number of rotatable bonds is 0. The van der Waals surface area contributed by atoms with Crippen LogP contribution in [0.25, 0.3) is 0 Å². The fourth-order valence-corrected chi connectivity index (χ4v) is 2.25. The average molecular weight is 168 g/mol. The van der Waals surface area contributed by atoms with Crippen molar-refractivity contribution in [1.82, 2.24) is 10.6 Å². The van der Waals surface area contributed by atoms with E-state index in [-0.39, 0.29) is 11.3 Å². The van der Waals surface area contributed by atoms with E-state index in [4.69, 9.17) is 0 Å². The van der Waals surface area contributed by atoms with Crippen molar-refractivity contribution in [2.45, 2.75) is 25.7 Å². The molecule has 0 bridgehead atoms. The van der Waals surface area contributed by atoms with Gasteiger partial charge in [-0.3, -0.25) is 4.79 Å². The van der Waals surface area contributed by atoms with Crippen molar-refractivity contribution in [3.05, 3.63) is 0 Å². The first-order valence-electron chi connectivity index (χ1n) is 4.78. The second kappa shape index (κ2) is 3.05. The van der Waals surface area contributed by atoms with Crippen LogP contribution in [0.15, 0.2) is 0 Å². The largest absolute Gasteiger partial charge is 0.355 e. The van der Waals surface area contributed by atoms with E-state index in [0.717, 1.165) is 26.1 Å². The Morgan fingerprint density at radius 3 is 2.92 bits per heavy atom. The standard InChI is InChI=1S/C9H16N2O/c12-8-5-9(7-11-8)3-1-2-4-10-6-9/h10H,1-7H2,(H,11,12). The zero-order chi connectivity index (χ0) is 8.44. The van der Waals surface area contributed by atoms with Gasteiger partial charge in [0.05, 0.1) is 0 Å². The van der Waals surface area contributed by atoms with E-state index in [9.17, 15) is 4.79 Å². The Kier molecular flexibility index (Phi) is 2.05. The van der Waals surface area contributed by atoms with Crippen LogP contribution < -0.4 is 10.6 Å². The summed E-state index contributed by atoms with van der Waals surface area (Å²) < 4.78 is 0. The first kappa shape index (κ1) is 8.05. The molecule has 1 atom stereocenters. The Labute approximate surface area is 72.9 Å². The number of nitrogens with one attached hydrogen (secondary N) is 2. The van der Waals surface area contributed by atoms with Crippen LogP contribution in [0.1, 0.15) is 25.7 Å². The van der Waals surface area contributed by atoms with Crippen LogP contribution in [0.2, 0.25) is 0 Å². The highest BCUT2D eigenvalue weighted by atomic mass is 16.1. The van der Waals surface area contributed by atoms with Crippen LogP contribution >= 0.6 is 0 Å². The predicted molar refractivity (Wildman–Crippen MR) is 46.8 cm³/mol. The minimum Gasteiger partial charge on any atom is -0.355 e. The van der Waals surface area contributed by atoms with Gasteiger partial charge in [0.15, 0.2) is 0 Å². The van der Waals surface area contributed by atoms with Crippen LogP contribution in [0, 0.1) is 5.41 Å². The third-order valence-electron chi connectivity index (χ3n) is 3.01. The molecule has 2 N–H and O–H groups in total. The summed E-state index contributed by atoms with van der Waals surface area (Å²) in [4.78, 5) is 11.1. The zero-order valence-corrected chi connectivity index (χ0v) is 7.36. The highest BCUT2D eigenvalue weighted by Gasteiger charge is 2.38. The molecule has 3 nitrogen and oxygen atoms in total. The van der Waals surface area contributed by atoms with Crippen LogP contribution in [-0.4, -0.2) is 25.5 Å². The molecule has 2 aliphatic rings. The number of carbonyl (C=O) groups excluding carboxylic acids is 1. The second-order valence-electron chi connectivity index (χ2n) is 4.09. The molecule has 68 valence electrons. The van der Waals surface area contributed by atoms with Gasteiger partial charge in [-0.15, -0.1) is 0 Å². The maximum Gasteiger partial charge on any atom is 0.220 e. The Balaban J connectivity index is 2.03. The molecule has 12 heavy (non-hydrogen) atoms. The summed E-state index contributed by atoms with van der Waals surface area (Å²) >= 11 is 0. The maximum absolute atomic E-state index is 11.1. The summed E-state index contributed by atoms with van der Waals surface area (Å²) in [6.45, 7) is 3.03. The maximum atomic E-state index is 11.1. The van der Waals surface area contributed by atoms with Gasteiger partial charge in [0.1, 0.15) is 0 Å². The van der Waals surface area contributed by atoms with Gasteiger partial charge in [-0.05, 0) is 19.4 Å². The van der Waals surface area contributed by atoms with Gasteiger partial charge >= 0.3 is 0 Å². The molecule has 0 aromatic carbocycles. The summed E-state index contributed by atoms with van der Waals surface area (Å²) in [6.07, 6.45) is 4.47. The van der Waals surface area contributed by atoms with Crippen molar-refractivity contribution in [2.24, 2.45) is 5.41 Å². The van der Waals surface area contributed by atoms with E-state index >= 15 is 0 Å². The molecule has 2 aliphatic heterocycles. The van der Waals surface area contributed by atoms with E-state index in [2.05, 4.69) is 10.6 Å². The molecule has 2 rings (SSSR count). The lowest BCUT2D eigenvalue weighted by atomic mass is 9.82. The monoisotopic (exact) mass is 168 g/mol. The highest BCUT2D eigenvalue weighted by Crippen LogP contribution is 2.32. The minimum absolute atomic E-state index is 0.235. The molecule has 1 spiro atoms. The lowest BCUT2D eigenvalue weighted by molar-refractivity contribution is -0.119. The quantitative estimate of drug-likeness (QED) is 0.545. The topological polar surface area (TPSA) is 41.1 Å². The molecule has 2 fully saturated rings. The fraction of sp³-hybridized carbons (Fsp3) is 0.889. The lowest BCUT2D eigenvalue weighted by Crippen LogP contribution is -2.34. The summed E-state index contributed by atoms with van der Waals surface area (Å²) in [5.74, 6) is 0.235. The predicted octanol–water partition coefficient (Wildman–Crippen LogP) is 0.266. The average Bonchev–Trinajstić information content (AvgIpc) is 2.30. The molecule has 0 radical (unpaired) electrons. The molecular formula is C9H16N2O. The number of amides is 1. The van der Waals surface area contributed by atoms with Gasteiger partial charge in [-0.2, -0.15) is 0 Å². The van der Waals surface area contributed by atoms with E-state index < -0.39 is 0 Å². The van der Waals surface area contributed by atoms with Crippen LogP contribution in [0.3, 0.4) is 0 Å². The zero-order valence-electron chi connectivity index (χ0n) is 7.36. The Morgan fingerprint density at radius 2 is 2.17 bits per heavy atom. The van der Waals surface area contributed by atoms with E-state index in [1.165, 1.54) is 19.3 Å². The first-order valence-corrected chi connectivity index (χ1v) is 4.78. The van der Waals surface area contributed by atoms with Crippen molar-refractivity contribution in [3.63, 3.8) is 0 Å². The van der Waals surface area contributed by atoms with Gasteiger partial charge in [-0.1, -0.05) is 6.42 Å². The molecular weight excluding hydrogens is 152 g/mol. The Hall–Kier alpha value is -0.570. The lowest BCUT2D eigenvalue weighted by Gasteiger charge is -2.24. The molecule has 0 aromatic heterocycles. The van der Waals surface area contributed by atoms with Gasteiger partial charge in [-0.25, -0.2) is 0 Å². The Bertz CT molecular complexity index is 183. The Morgan fingerprint density at radius 1 is 1.25 bits per heavy atom. The summed E-state index contributed by atoms with van der Waals surface area (Å²) in [7, 11) is 0. The number of carbonyl (C=O) groups is 1. The van der Waals surface area contributed by atoms with Crippen molar-refractivity contribution < 1.29 is 4.79 Å². The molecule has 2 heterocycles. The third-order valence-corrected chi connectivity index (χ3v) is 3.01. The van der Waals surface area contributed by atoms with Crippen molar-refractivity contribution >= 4 is 5.91 Å². The van der Waals surface area contributed by atoms with Crippen LogP contribution in [-0.2, 0) is 4.79 Å². The third kappa shape index (κ3) is 1.46. The molecule has 0 saturated carbocycles. The molecule has 1 amide bonds. The second-order valence-corrected chi connectivity index (χ2v) is 4.09. The van der Waals surface area contributed by atoms with Crippen LogP contribution in [0.5, 0.6) is 0 Å². The molecule has 0 aliphatic carbocycles. The van der Waals surface area contributed by atoms with Crippen LogP contribution in [0.4, 0.5) is 0 Å². The van der Waals surface area contributed by atoms with Gasteiger partial charge < -0.3 is 10.6 Å². The first-order chi connectivity index (χ1) is 5.81. The number of hydrogen-bond acceptors (Lipinski definition) is 2. The molecule has 2 saturated heterocycles. The van der Waals surface area contributed by atoms with Crippen molar-refractivity contribution in [1.29, 1.82) is 0 Å². The van der Waals surface area contributed by atoms with E-state index in [0.29, 0.717) is 0 Å². The highest BCUT2D eigenvalue weighted by molar-refractivity contribution is 5.79. The summed E-state index contributed by atoms with van der Waals surface area (Å²) in [5, 5.41) is 6.34. The fourth-order valence-electron chi connectivity index (χ4n) is 2.25. The van der Waals surface area contributed by atoms with Gasteiger partial charge in [0.2, 0.25) is 5.91 Å². The smallest absolute Gasteiger partial charge is 0.220 e. The summed E-state index contributed by atoms with van der Waals surface area (Å²) in [6, 6.07) is 0. The normalized spacial score (nSPS) is 36.5. The molecule has 1 unspecified atom stereocenters. The summed E-state index contributed by atoms with van der Waals surface area (Å²) in [5.41, 5.74) is 0.258. The van der Waals surface area contributed by atoms with Crippen molar-refractivity contribution in [2.75, 3.05) is 19.6 Å². The minimum atomic E-state index is 0.235. The number of hydrogen-bond donors (Lipinski definition) is 2. The van der Waals surface area contributed by atoms with E-state index in [1.807, 2.05) is 0 Å². The van der Waals surface area contributed by atoms with Gasteiger partial charge in [0.25, 0.3) is 0 Å².